The number of rotatable bonds is 6. The van der Waals surface area contributed by atoms with Crippen molar-refractivity contribution in [3.63, 3.8) is 0 Å². The number of carbonyl (C=O) groups excluding carboxylic acids is 3. The van der Waals surface area contributed by atoms with Crippen molar-refractivity contribution >= 4 is 29.1 Å². The average molecular weight is 552 g/mol. The molecule has 2 aromatic carbocycles. The van der Waals surface area contributed by atoms with E-state index in [1.807, 2.05) is 36.4 Å². The lowest BCUT2D eigenvalue weighted by atomic mass is 10.0. The van der Waals surface area contributed by atoms with Gasteiger partial charge in [0.25, 0.3) is 11.8 Å². The van der Waals surface area contributed by atoms with E-state index >= 15 is 0 Å². The molecular weight excluding hydrogens is 522 g/mol. The highest BCUT2D eigenvalue weighted by Gasteiger charge is 2.33. The first kappa shape index (κ1) is 26.3. The van der Waals surface area contributed by atoms with Crippen LogP contribution in [0, 0.1) is 0 Å². The molecule has 2 aromatic heterocycles. The van der Waals surface area contributed by atoms with Gasteiger partial charge >= 0.3 is 0 Å². The molecule has 2 aliphatic heterocycles. The molecule has 0 spiro atoms. The summed E-state index contributed by atoms with van der Waals surface area (Å²) in [7, 11) is 1.74. The quantitative estimate of drug-likeness (QED) is 0.386. The molecule has 0 radical (unpaired) electrons. The summed E-state index contributed by atoms with van der Waals surface area (Å²) >= 11 is 0. The molecule has 4 heterocycles. The normalized spacial score (nSPS) is 16.0. The van der Waals surface area contributed by atoms with E-state index < -0.39 is 0 Å². The van der Waals surface area contributed by atoms with Gasteiger partial charge in [-0.2, -0.15) is 4.80 Å². The maximum Gasteiger partial charge on any atom is 0.272 e. The van der Waals surface area contributed by atoms with Crippen LogP contribution in [0.15, 0.2) is 66.9 Å². The van der Waals surface area contributed by atoms with Crippen molar-refractivity contribution in [2.24, 2.45) is 7.05 Å². The summed E-state index contributed by atoms with van der Waals surface area (Å²) in [5.41, 5.74) is 3.91. The summed E-state index contributed by atoms with van der Waals surface area (Å²) in [6.45, 7) is 4.07. The molecule has 1 N–H and O–H groups in total. The van der Waals surface area contributed by atoms with Crippen LogP contribution in [0.2, 0.25) is 0 Å². The Balaban J connectivity index is 1.15. The van der Waals surface area contributed by atoms with E-state index in [2.05, 4.69) is 30.6 Å². The third-order valence-corrected chi connectivity index (χ3v) is 7.36. The van der Waals surface area contributed by atoms with E-state index in [0.29, 0.717) is 55.5 Å². The number of anilines is 2. The summed E-state index contributed by atoms with van der Waals surface area (Å²) < 4.78 is 0. The van der Waals surface area contributed by atoms with E-state index in [4.69, 9.17) is 0 Å². The molecule has 0 bridgehead atoms. The number of hydrogen-bond acceptors (Lipinski definition) is 8. The predicted octanol–water partition coefficient (Wildman–Crippen LogP) is 2.27. The minimum atomic E-state index is -0.202. The molecule has 1 saturated heterocycles. The third kappa shape index (κ3) is 5.29. The number of aryl methyl sites for hydroxylation is 1. The van der Waals surface area contributed by atoms with Crippen molar-refractivity contribution < 1.29 is 14.4 Å². The number of nitrogens with one attached hydrogen (secondary N) is 1. The molecule has 12 heteroatoms. The summed E-state index contributed by atoms with van der Waals surface area (Å²) in [4.78, 5) is 49.6. The highest BCUT2D eigenvalue weighted by Crippen LogP contribution is 2.31. The first-order chi connectivity index (χ1) is 19.9. The molecule has 208 valence electrons. The molecule has 2 aliphatic rings. The average Bonchev–Trinajstić information content (AvgIpc) is 3.56. The number of benzene rings is 2. The SMILES string of the molecule is CC(=O)Nc1ccc2c(c1)C(=O)N(c1ccnc(C(=O)N3CCN(C(c4ccccc4)c4nnn(C)n4)CC3)c1)C2. The van der Waals surface area contributed by atoms with Crippen LogP contribution in [-0.4, -0.2) is 78.9 Å². The van der Waals surface area contributed by atoms with Crippen molar-refractivity contribution in [1.82, 2.24) is 35.0 Å². The topological polar surface area (TPSA) is 129 Å². The maximum atomic E-state index is 13.5. The van der Waals surface area contributed by atoms with Crippen LogP contribution in [0.25, 0.3) is 0 Å². The van der Waals surface area contributed by atoms with Crippen molar-refractivity contribution in [2.45, 2.75) is 19.5 Å². The Morgan fingerprint density at radius 3 is 2.46 bits per heavy atom. The van der Waals surface area contributed by atoms with Gasteiger partial charge in [0.2, 0.25) is 5.91 Å². The van der Waals surface area contributed by atoms with Crippen LogP contribution in [0.3, 0.4) is 0 Å². The molecule has 1 atom stereocenters. The van der Waals surface area contributed by atoms with Gasteiger partial charge in [0.05, 0.1) is 19.6 Å². The number of tetrazole rings is 1. The molecule has 1 unspecified atom stereocenters. The summed E-state index contributed by atoms with van der Waals surface area (Å²) in [5.74, 6) is 0.0483. The number of amides is 3. The minimum absolute atomic E-state index is 0.169. The zero-order chi connectivity index (χ0) is 28.5. The van der Waals surface area contributed by atoms with Crippen LogP contribution >= 0.6 is 0 Å². The van der Waals surface area contributed by atoms with Crippen LogP contribution in [-0.2, 0) is 18.4 Å². The lowest BCUT2D eigenvalue weighted by Crippen LogP contribution is -2.50. The second kappa shape index (κ2) is 10.9. The van der Waals surface area contributed by atoms with Crippen molar-refractivity contribution in [3.05, 3.63) is 95.1 Å². The van der Waals surface area contributed by atoms with E-state index in [1.54, 1.807) is 47.3 Å². The first-order valence-electron chi connectivity index (χ1n) is 13.4. The van der Waals surface area contributed by atoms with Gasteiger partial charge in [0, 0.05) is 56.2 Å². The number of carbonyl (C=O) groups is 3. The van der Waals surface area contributed by atoms with Gasteiger partial charge in [-0.15, -0.1) is 10.2 Å². The standard InChI is InChI=1S/C29H29N9O3/c1-19(39)31-22-9-8-21-18-38(28(40)24(21)16-22)23-10-11-30-25(17-23)29(41)37-14-12-36(13-15-37)26(20-6-4-3-5-7-20)27-32-34-35(2)33-27/h3-11,16-17,26H,12-15,18H2,1-2H3,(H,31,39). The Kier molecular flexibility index (Phi) is 6.98. The lowest BCUT2D eigenvalue weighted by molar-refractivity contribution is -0.114. The van der Waals surface area contributed by atoms with E-state index in [0.717, 1.165) is 11.1 Å². The lowest BCUT2D eigenvalue weighted by Gasteiger charge is -2.38. The van der Waals surface area contributed by atoms with Gasteiger partial charge in [-0.3, -0.25) is 24.3 Å². The van der Waals surface area contributed by atoms with Crippen LogP contribution in [0.4, 0.5) is 11.4 Å². The van der Waals surface area contributed by atoms with Gasteiger partial charge in [-0.1, -0.05) is 36.4 Å². The number of piperazine rings is 1. The number of fused-ring (bicyclic) bond motifs is 1. The molecule has 12 nitrogen and oxygen atoms in total. The van der Waals surface area contributed by atoms with Crippen LogP contribution in [0.5, 0.6) is 0 Å². The fraction of sp³-hybridized carbons (Fsp3) is 0.276. The van der Waals surface area contributed by atoms with Crippen LogP contribution < -0.4 is 10.2 Å². The molecule has 4 aromatic rings. The molecule has 41 heavy (non-hydrogen) atoms. The van der Waals surface area contributed by atoms with Crippen molar-refractivity contribution in [1.29, 1.82) is 0 Å². The van der Waals surface area contributed by atoms with Gasteiger partial charge in [-0.25, -0.2) is 0 Å². The Bertz CT molecular complexity index is 1610. The van der Waals surface area contributed by atoms with Crippen molar-refractivity contribution in [3.8, 4) is 0 Å². The molecule has 0 aliphatic carbocycles. The fourth-order valence-corrected chi connectivity index (χ4v) is 5.41. The fourth-order valence-electron chi connectivity index (χ4n) is 5.41. The molecule has 1 fully saturated rings. The number of aromatic nitrogens is 5. The molecule has 6 rings (SSSR count). The number of hydrogen-bond donors (Lipinski definition) is 1. The first-order valence-corrected chi connectivity index (χ1v) is 13.4. The van der Waals surface area contributed by atoms with Gasteiger partial charge in [0.1, 0.15) is 5.69 Å². The monoisotopic (exact) mass is 551 g/mol. The maximum absolute atomic E-state index is 13.5. The predicted molar refractivity (Wildman–Crippen MR) is 150 cm³/mol. The minimum Gasteiger partial charge on any atom is -0.335 e. The Morgan fingerprint density at radius 2 is 1.76 bits per heavy atom. The summed E-state index contributed by atoms with van der Waals surface area (Å²) in [6, 6.07) is 18.6. The Labute approximate surface area is 236 Å². The van der Waals surface area contributed by atoms with Crippen molar-refractivity contribution in [2.75, 3.05) is 36.4 Å². The zero-order valence-electron chi connectivity index (χ0n) is 22.8. The second-order valence-corrected chi connectivity index (χ2v) is 10.1. The molecule has 0 saturated carbocycles. The van der Waals surface area contributed by atoms with E-state index in [9.17, 15) is 14.4 Å². The number of pyridine rings is 1. The third-order valence-electron chi connectivity index (χ3n) is 7.36. The van der Waals surface area contributed by atoms with Gasteiger partial charge in [0.15, 0.2) is 5.82 Å². The number of nitrogens with zero attached hydrogens (tertiary/aromatic N) is 8. The zero-order valence-corrected chi connectivity index (χ0v) is 22.8. The largest absolute Gasteiger partial charge is 0.335 e. The van der Waals surface area contributed by atoms with E-state index in [1.165, 1.54) is 11.7 Å². The smallest absolute Gasteiger partial charge is 0.272 e. The van der Waals surface area contributed by atoms with Gasteiger partial charge in [-0.05, 0) is 40.6 Å². The molecule has 3 amide bonds. The second-order valence-electron chi connectivity index (χ2n) is 10.1. The van der Waals surface area contributed by atoms with E-state index in [-0.39, 0.29) is 29.5 Å². The Morgan fingerprint density at radius 1 is 0.976 bits per heavy atom. The summed E-state index contributed by atoms with van der Waals surface area (Å²) in [5, 5.41) is 15.5. The van der Waals surface area contributed by atoms with Crippen LogP contribution in [0.1, 0.15) is 50.8 Å². The van der Waals surface area contributed by atoms with Gasteiger partial charge < -0.3 is 15.1 Å². The molecular formula is C29H29N9O3. The highest BCUT2D eigenvalue weighted by molar-refractivity contribution is 6.11. The summed E-state index contributed by atoms with van der Waals surface area (Å²) in [6.07, 6.45) is 1.56. The Hall–Kier alpha value is -4.97. The highest BCUT2D eigenvalue weighted by atomic mass is 16.2.